The summed E-state index contributed by atoms with van der Waals surface area (Å²) in [4.78, 5) is 37.0. The number of hydrogen-bond acceptors (Lipinski definition) is 3. The zero-order valence-electron chi connectivity index (χ0n) is 14.4. The molecule has 2 rings (SSSR count). The molecule has 1 saturated heterocycles. The van der Waals surface area contributed by atoms with Gasteiger partial charge in [0, 0.05) is 13.0 Å². The molecule has 1 atom stereocenters. The van der Waals surface area contributed by atoms with Crippen molar-refractivity contribution in [1.82, 2.24) is 10.2 Å². The molecular weight excluding hydrogens is 292 g/mol. The standard InChI is InChI=1S/C18H24N2O3/c1-12(21)10-11-20-15(22)18(5,19-16(20)23)14-8-6-13(7-9-14)17(2,3)4/h6-9H,10-11H2,1-5H3,(H,19,23). The molecule has 0 spiro atoms. The van der Waals surface area contributed by atoms with Crippen LogP contribution in [-0.4, -0.2) is 29.2 Å². The van der Waals surface area contributed by atoms with Crippen molar-refractivity contribution in [2.75, 3.05) is 6.54 Å². The number of Topliss-reactive ketones (excluding diaryl/α,β-unsaturated/α-hetero) is 1. The quantitative estimate of drug-likeness (QED) is 0.869. The minimum absolute atomic E-state index is 0.0237. The highest BCUT2D eigenvalue weighted by Gasteiger charge is 2.48. The predicted octanol–water partition coefficient (Wildman–Crippen LogP) is 2.73. The van der Waals surface area contributed by atoms with Gasteiger partial charge >= 0.3 is 6.03 Å². The van der Waals surface area contributed by atoms with Gasteiger partial charge < -0.3 is 5.32 Å². The van der Waals surface area contributed by atoms with Crippen LogP contribution in [0.25, 0.3) is 0 Å². The Kier molecular flexibility index (Phi) is 4.33. The minimum atomic E-state index is -1.08. The van der Waals surface area contributed by atoms with Crippen molar-refractivity contribution in [3.05, 3.63) is 35.4 Å². The Balaban J connectivity index is 2.26. The fourth-order valence-electron chi connectivity index (χ4n) is 2.67. The van der Waals surface area contributed by atoms with Crippen LogP contribution >= 0.6 is 0 Å². The highest BCUT2D eigenvalue weighted by Crippen LogP contribution is 2.31. The first-order valence-electron chi connectivity index (χ1n) is 7.80. The minimum Gasteiger partial charge on any atom is -0.319 e. The Morgan fingerprint density at radius 1 is 1.17 bits per heavy atom. The SMILES string of the molecule is CC(=O)CCN1C(=O)NC(C)(c2ccc(C(C)(C)C)cc2)C1=O. The highest BCUT2D eigenvalue weighted by molar-refractivity contribution is 6.07. The second-order valence-electron chi connectivity index (χ2n) is 7.29. The van der Waals surface area contributed by atoms with Gasteiger partial charge in [0.25, 0.3) is 5.91 Å². The topological polar surface area (TPSA) is 66.5 Å². The average Bonchev–Trinajstić information content (AvgIpc) is 2.67. The zero-order chi connectivity index (χ0) is 17.4. The molecule has 1 aromatic rings. The summed E-state index contributed by atoms with van der Waals surface area (Å²) < 4.78 is 0. The normalized spacial score (nSPS) is 21.5. The number of ketones is 1. The fourth-order valence-corrected chi connectivity index (χ4v) is 2.67. The van der Waals surface area contributed by atoms with Crippen LogP contribution < -0.4 is 5.32 Å². The van der Waals surface area contributed by atoms with Crippen LogP contribution in [0.1, 0.15) is 52.2 Å². The summed E-state index contributed by atoms with van der Waals surface area (Å²) >= 11 is 0. The number of carbonyl (C=O) groups is 3. The van der Waals surface area contributed by atoms with E-state index in [1.54, 1.807) is 6.92 Å². The van der Waals surface area contributed by atoms with E-state index in [2.05, 4.69) is 26.1 Å². The van der Waals surface area contributed by atoms with Crippen LogP contribution in [0.15, 0.2) is 24.3 Å². The Morgan fingerprint density at radius 3 is 2.22 bits per heavy atom. The average molecular weight is 316 g/mol. The Hall–Kier alpha value is -2.17. The summed E-state index contributed by atoms with van der Waals surface area (Å²) in [6.45, 7) is 9.63. The van der Waals surface area contributed by atoms with Gasteiger partial charge in [-0.05, 0) is 30.4 Å². The number of amides is 3. The van der Waals surface area contributed by atoms with Gasteiger partial charge in [-0.15, -0.1) is 0 Å². The number of nitrogens with one attached hydrogen (secondary N) is 1. The van der Waals surface area contributed by atoms with E-state index in [1.807, 2.05) is 24.3 Å². The molecule has 1 aliphatic heterocycles. The number of nitrogens with zero attached hydrogens (tertiary/aromatic N) is 1. The van der Waals surface area contributed by atoms with Crippen molar-refractivity contribution < 1.29 is 14.4 Å². The van der Waals surface area contributed by atoms with Crippen LogP contribution in [0.2, 0.25) is 0 Å². The molecular formula is C18H24N2O3. The maximum atomic E-state index is 12.7. The van der Waals surface area contributed by atoms with Crippen LogP contribution in [-0.2, 0) is 20.5 Å². The van der Waals surface area contributed by atoms with Crippen molar-refractivity contribution in [2.24, 2.45) is 0 Å². The lowest BCUT2D eigenvalue weighted by atomic mass is 9.84. The molecule has 0 bridgehead atoms. The lowest BCUT2D eigenvalue weighted by molar-refractivity contribution is -0.131. The summed E-state index contributed by atoms with van der Waals surface area (Å²) in [5, 5.41) is 2.75. The summed E-state index contributed by atoms with van der Waals surface area (Å²) in [6, 6.07) is 7.29. The fraction of sp³-hybridized carbons (Fsp3) is 0.500. The van der Waals surface area contributed by atoms with Gasteiger partial charge in [0.05, 0.1) is 0 Å². The molecule has 1 heterocycles. The third-order valence-electron chi connectivity index (χ3n) is 4.29. The van der Waals surface area contributed by atoms with E-state index in [4.69, 9.17) is 0 Å². The number of carbonyl (C=O) groups excluding carboxylic acids is 3. The van der Waals surface area contributed by atoms with Gasteiger partial charge in [-0.3, -0.25) is 14.5 Å². The molecule has 3 amide bonds. The summed E-state index contributed by atoms with van der Waals surface area (Å²) in [5.41, 5.74) is 0.851. The van der Waals surface area contributed by atoms with Crippen LogP contribution in [0.4, 0.5) is 4.79 Å². The van der Waals surface area contributed by atoms with Crippen molar-refractivity contribution in [2.45, 2.75) is 52.0 Å². The van der Waals surface area contributed by atoms with Gasteiger partial charge in [0.15, 0.2) is 0 Å². The van der Waals surface area contributed by atoms with E-state index in [0.717, 1.165) is 16.0 Å². The Bertz CT molecular complexity index is 643. The lowest BCUT2D eigenvalue weighted by Crippen LogP contribution is -2.41. The first-order valence-corrected chi connectivity index (χ1v) is 7.80. The summed E-state index contributed by atoms with van der Waals surface area (Å²) in [7, 11) is 0. The smallest absolute Gasteiger partial charge is 0.319 e. The second-order valence-corrected chi connectivity index (χ2v) is 7.29. The van der Waals surface area contributed by atoms with Crippen LogP contribution in [0.5, 0.6) is 0 Å². The lowest BCUT2D eigenvalue weighted by Gasteiger charge is -2.24. The third kappa shape index (κ3) is 3.28. The Labute approximate surface area is 137 Å². The van der Waals surface area contributed by atoms with Gasteiger partial charge in [-0.25, -0.2) is 4.79 Å². The van der Waals surface area contributed by atoms with E-state index in [1.165, 1.54) is 6.92 Å². The molecule has 23 heavy (non-hydrogen) atoms. The molecule has 1 fully saturated rings. The summed E-state index contributed by atoms with van der Waals surface area (Å²) in [5.74, 6) is -0.360. The molecule has 1 unspecified atom stereocenters. The molecule has 0 aliphatic carbocycles. The van der Waals surface area contributed by atoms with E-state index in [0.29, 0.717) is 0 Å². The van der Waals surface area contributed by atoms with E-state index >= 15 is 0 Å². The predicted molar refractivity (Wildman–Crippen MR) is 88.0 cm³/mol. The molecule has 0 aromatic heterocycles. The van der Waals surface area contributed by atoms with Gasteiger partial charge in [-0.2, -0.15) is 0 Å². The van der Waals surface area contributed by atoms with Gasteiger partial charge in [0.1, 0.15) is 11.3 Å². The number of benzene rings is 1. The third-order valence-corrected chi connectivity index (χ3v) is 4.29. The molecule has 5 nitrogen and oxygen atoms in total. The molecule has 1 aromatic carbocycles. The largest absolute Gasteiger partial charge is 0.325 e. The highest BCUT2D eigenvalue weighted by atomic mass is 16.2. The molecule has 1 N–H and O–H groups in total. The number of urea groups is 1. The van der Waals surface area contributed by atoms with Crippen LogP contribution in [0, 0.1) is 0 Å². The molecule has 1 aliphatic rings. The summed E-state index contributed by atoms with van der Waals surface area (Å²) in [6.07, 6.45) is 0.179. The van der Waals surface area contributed by atoms with E-state index < -0.39 is 11.6 Å². The molecule has 5 heteroatoms. The van der Waals surface area contributed by atoms with Crippen molar-refractivity contribution >= 4 is 17.7 Å². The van der Waals surface area contributed by atoms with Crippen LogP contribution in [0.3, 0.4) is 0 Å². The second kappa shape index (κ2) is 5.80. The van der Waals surface area contributed by atoms with Crippen molar-refractivity contribution in [1.29, 1.82) is 0 Å². The van der Waals surface area contributed by atoms with Gasteiger partial charge in [-0.1, -0.05) is 45.0 Å². The number of rotatable bonds is 4. The monoisotopic (exact) mass is 316 g/mol. The molecule has 0 radical (unpaired) electrons. The maximum absolute atomic E-state index is 12.7. The maximum Gasteiger partial charge on any atom is 0.325 e. The van der Waals surface area contributed by atoms with Crippen molar-refractivity contribution in [3.63, 3.8) is 0 Å². The van der Waals surface area contributed by atoms with E-state index in [-0.39, 0.29) is 30.1 Å². The first kappa shape index (κ1) is 17.2. The van der Waals surface area contributed by atoms with Crippen molar-refractivity contribution in [3.8, 4) is 0 Å². The first-order chi connectivity index (χ1) is 10.6. The zero-order valence-corrected chi connectivity index (χ0v) is 14.4. The van der Waals surface area contributed by atoms with Gasteiger partial charge in [0.2, 0.25) is 0 Å². The number of imide groups is 1. The Morgan fingerprint density at radius 2 is 1.74 bits per heavy atom. The van der Waals surface area contributed by atoms with E-state index in [9.17, 15) is 14.4 Å². The molecule has 124 valence electrons. The molecule has 0 saturated carbocycles. The number of hydrogen-bond donors (Lipinski definition) is 1.